The molecule has 1 aliphatic rings. The summed E-state index contributed by atoms with van der Waals surface area (Å²) in [5.41, 5.74) is 0. The van der Waals surface area contributed by atoms with Crippen LogP contribution in [0.25, 0.3) is 0 Å². The molecule has 0 radical (unpaired) electrons. The van der Waals surface area contributed by atoms with Gasteiger partial charge in [-0.1, -0.05) is 13.8 Å². The first kappa shape index (κ1) is 14.3. The maximum absolute atomic E-state index is 11.8. The molecule has 6 nitrogen and oxygen atoms in total. The minimum absolute atomic E-state index is 0.172. The summed E-state index contributed by atoms with van der Waals surface area (Å²) >= 11 is 0. The van der Waals surface area contributed by atoms with Gasteiger partial charge in [-0.15, -0.1) is 0 Å². The Morgan fingerprint density at radius 3 is 1.44 bits per heavy atom. The van der Waals surface area contributed by atoms with Crippen molar-refractivity contribution in [2.24, 2.45) is 23.7 Å². The predicted molar refractivity (Wildman–Crippen MR) is 59.8 cm³/mol. The second-order valence-corrected chi connectivity index (χ2v) is 4.81. The average molecular weight is 256 g/mol. The summed E-state index contributed by atoms with van der Waals surface area (Å²) in [6.45, 7) is 2.78. The second-order valence-electron chi connectivity index (χ2n) is 4.81. The Hall–Kier alpha value is -1.72. The van der Waals surface area contributed by atoms with Gasteiger partial charge in [-0.25, -0.2) is 0 Å². The molecule has 0 aromatic rings. The Morgan fingerprint density at radius 1 is 0.944 bits per heavy atom. The fraction of sp³-hybridized carbons (Fsp3) is 0.667. The Labute approximate surface area is 104 Å². The van der Waals surface area contributed by atoms with Crippen LogP contribution >= 0.6 is 0 Å². The fourth-order valence-electron chi connectivity index (χ4n) is 2.22. The topological polar surface area (TPSA) is 109 Å². The number of rotatable bonds is 4. The molecule has 6 heteroatoms. The molecular weight excluding hydrogens is 240 g/mol. The standard InChI is InChI=1S/C12H16O6/c1-5(11(15)16)7-3-10(14)8(4-9(7)13)6(2)12(17)18/h5-8H,3-4H2,1-2H3,(H,15,16)(H,17,18). The molecule has 0 spiro atoms. The number of ketones is 2. The lowest BCUT2D eigenvalue weighted by atomic mass is 9.71. The molecule has 18 heavy (non-hydrogen) atoms. The van der Waals surface area contributed by atoms with Gasteiger partial charge in [0.15, 0.2) is 0 Å². The van der Waals surface area contributed by atoms with E-state index in [9.17, 15) is 19.2 Å². The number of hydrogen-bond acceptors (Lipinski definition) is 4. The van der Waals surface area contributed by atoms with E-state index in [4.69, 9.17) is 10.2 Å². The normalized spacial score (nSPS) is 27.7. The second kappa shape index (κ2) is 5.29. The Balaban J connectivity index is 2.83. The summed E-state index contributed by atoms with van der Waals surface area (Å²) in [7, 11) is 0. The van der Waals surface area contributed by atoms with Crippen molar-refractivity contribution >= 4 is 23.5 Å². The smallest absolute Gasteiger partial charge is 0.306 e. The molecule has 1 rings (SSSR count). The molecule has 1 fully saturated rings. The predicted octanol–water partition coefficient (Wildman–Crippen LogP) is 0.592. The lowest BCUT2D eigenvalue weighted by Gasteiger charge is -2.30. The van der Waals surface area contributed by atoms with Gasteiger partial charge in [0.25, 0.3) is 0 Å². The van der Waals surface area contributed by atoms with E-state index in [-0.39, 0.29) is 24.4 Å². The number of Topliss-reactive ketones (excluding diaryl/α,β-unsaturated/α-hetero) is 2. The van der Waals surface area contributed by atoms with Crippen molar-refractivity contribution in [3.05, 3.63) is 0 Å². The van der Waals surface area contributed by atoms with E-state index < -0.39 is 35.6 Å². The van der Waals surface area contributed by atoms with Crippen molar-refractivity contribution < 1.29 is 29.4 Å². The highest BCUT2D eigenvalue weighted by Gasteiger charge is 2.42. The van der Waals surface area contributed by atoms with Crippen LogP contribution in [0.5, 0.6) is 0 Å². The first-order valence-corrected chi connectivity index (χ1v) is 5.76. The molecular formula is C12H16O6. The lowest BCUT2D eigenvalue weighted by Crippen LogP contribution is -2.41. The molecule has 0 heterocycles. The van der Waals surface area contributed by atoms with Gasteiger partial charge < -0.3 is 10.2 Å². The zero-order valence-electron chi connectivity index (χ0n) is 10.3. The molecule has 4 atom stereocenters. The maximum Gasteiger partial charge on any atom is 0.306 e. The van der Waals surface area contributed by atoms with Crippen LogP contribution in [0.1, 0.15) is 26.7 Å². The first-order valence-electron chi connectivity index (χ1n) is 5.76. The summed E-state index contributed by atoms with van der Waals surface area (Å²) in [6, 6.07) is 0. The van der Waals surface area contributed by atoms with Crippen LogP contribution in [0.2, 0.25) is 0 Å². The molecule has 2 N–H and O–H groups in total. The Bertz CT molecular complexity index is 361. The van der Waals surface area contributed by atoms with Crippen molar-refractivity contribution in [1.82, 2.24) is 0 Å². The van der Waals surface area contributed by atoms with Gasteiger partial charge in [0, 0.05) is 24.7 Å². The van der Waals surface area contributed by atoms with Gasteiger partial charge >= 0.3 is 11.9 Å². The van der Waals surface area contributed by atoms with Crippen molar-refractivity contribution in [3.63, 3.8) is 0 Å². The van der Waals surface area contributed by atoms with Crippen LogP contribution in [0, 0.1) is 23.7 Å². The van der Waals surface area contributed by atoms with E-state index in [2.05, 4.69) is 0 Å². The van der Waals surface area contributed by atoms with Gasteiger partial charge in [-0.05, 0) is 0 Å². The first-order chi connectivity index (χ1) is 8.25. The largest absolute Gasteiger partial charge is 0.481 e. The molecule has 0 bridgehead atoms. The van der Waals surface area contributed by atoms with Gasteiger partial charge in [0.05, 0.1) is 11.8 Å². The van der Waals surface area contributed by atoms with Crippen molar-refractivity contribution in [3.8, 4) is 0 Å². The number of carboxylic acids is 2. The van der Waals surface area contributed by atoms with Crippen molar-refractivity contribution in [1.29, 1.82) is 0 Å². The number of aliphatic carboxylic acids is 2. The van der Waals surface area contributed by atoms with Gasteiger partial charge in [0.2, 0.25) is 0 Å². The highest BCUT2D eigenvalue weighted by molar-refractivity contribution is 5.99. The quantitative estimate of drug-likeness (QED) is 0.762. The maximum atomic E-state index is 11.8. The van der Waals surface area contributed by atoms with E-state index >= 15 is 0 Å². The highest BCUT2D eigenvalue weighted by Crippen LogP contribution is 2.32. The molecule has 0 amide bonds. The third-order valence-corrected chi connectivity index (χ3v) is 3.66. The van der Waals surface area contributed by atoms with Gasteiger partial charge in [-0.2, -0.15) is 0 Å². The minimum Gasteiger partial charge on any atom is -0.481 e. The van der Waals surface area contributed by atoms with Crippen molar-refractivity contribution in [2.45, 2.75) is 26.7 Å². The average Bonchev–Trinajstić information content (AvgIpc) is 2.29. The van der Waals surface area contributed by atoms with Crippen LogP contribution in [0.4, 0.5) is 0 Å². The molecule has 0 saturated heterocycles. The molecule has 0 aromatic heterocycles. The molecule has 1 aliphatic carbocycles. The number of hydrogen-bond donors (Lipinski definition) is 2. The zero-order chi connectivity index (χ0) is 14.0. The van der Waals surface area contributed by atoms with Crippen molar-refractivity contribution in [2.75, 3.05) is 0 Å². The van der Waals surface area contributed by atoms with Crippen LogP contribution in [0.3, 0.4) is 0 Å². The number of carbonyl (C=O) groups excluding carboxylic acids is 2. The SMILES string of the molecule is CC(C(=O)O)C1CC(=O)C(C(C)C(=O)O)CC1=O. The third-order valence-electron chi connectivity index (χ3n) is 3.66. The lowest BCUT2D eigenvalue weighted by molar-refractivity contribution is -0.153. The summed E-state index contributed by atoms with van der Waals surface area (Å²) < 4.78 is 0. The number of carboxylic acid groups (broad SMARTS) is 2. The Morgan fingerprint density at radius 2 is 1.22 bits per heavy atom. The minimum atomic E-state index is -1.12. The molecule has 0 aromatic carbocycles. The summed E-state index contributed by atoms with van der Waals surface area (Å²) in [6.07, 6.45) is -0.344. The fourth-order valence-corrected chi connectivity index (χ4v) is 2.22. The third kappa shape index (κ3) is 2.75. The zero-order valence-corrected chi connectivity index (χ0v) is 10.3. The van der Waals surface area contributed by atoms with Gasteiger partial charge in [-0.3, -0.25) is 19.2 Å². The molecule has 4 unspecified atom stereocenters. The van der Waals surface area contributed by atoms with E-state index in [1.807, 2.05) is 0 Å². The van der Waals surface area contributed by atoms with Crippen LogP contribution in [-0.2, 0) is 19.2 Å². The molecule has 1 saturated carbocycles. The van der Waals surface area contributed by atoms with E-state index in [1.54, 1.807) is 0 Å². The van der Waals surface area contributed by atoms with E-state index in [0.717, 1.165) is 0 Å². The van der Waals surface area contributed by atoms with Crippen LogP contribution < -0.4 is 0 Å². The van der Waals surface area contributed by atoms with E-state index in [1.165, 1.54) is 13.8 Å². The van der Waals surface area contributed by atoms with E-state index in [0.29, 0.717) is 0 Å². The number of carbonyl (C=O) groups is 4. The molecule has 100 valence electrons. The van der Waals surface area contributed by atoms with Gasteiger partial charge in [0.1, 0.15) is 11.6 Å². The summed E-state index contributed by atoms with van der Waals surface area (Å²) in [4.78, 5) is 45.3. The Kier molecular flexibility index (Phi) is 4.21. The monoisotopic (exact) mass is 256 g/mol. The highest BCUT2D eigenvalue weighted by atomic mass is 16.4. The summed E-state index contributed by atoms with van der Waals surface area (Å²) in [5, 5.41) is 17.7. The summed E-state index contributed by atoms with van der Waals surface area (Å²) in [5.74, 6) is -6.38. The van der Waals surface area contributed by atoms with Crippen LogP contribution in [-0.4, -0.2) is 33.7 Å². The van der Waals surface area contributed by atoms with Crippen LogP contribution in [0.15, 0.2) is 0 Å². The molecule has 0 aliphatic heterocycles.